The van der Waals surface area contributed by atoms with Crippen LogP contribution < -0.4 is 5.32 Å². The minimum atomic E-state index is -4.37. The van der Waals surface area contributed by atoms with Gasteiger partial charge in [0.1, 0.15) is 13.2 Å². The maximum Gasteiger partial charge on any atom is 0.472 e. The van der Waals surface area contributed by atoms with Crippen LogP contribution in [-0.4, -0.2) is 73.4 Å². The fourth-order valence-electron chi connectivity index (χ4n) is 8.25. The Morgan fingerprint density at radius 2 is 0.824 bits per heavy atom. The van der Waals surface area contributed by atoms with E-state index in [2.05, 4.69) is 116 Å². The van der Waals surface area contributed by atoms with Crippen LogP contribution in [0.15, 0.2) is 109 Å². The van der Waals surface area contributed by atoms with E-state index in [0.29, 0.717) is 17.4 Å². The first-order valence-corrected chi connectivity index (χ1v) is 31.8. The number of allylic oxidation sites excluding steroid dienone is 17. The van der Waals surface area contributed by atoms with Gasteiger partial charge < -0.3 is 19.8 Å². The zero-order valence-corrected chi connectivity index (χ0v) is 49.4. The van der Waals surface area contributed by atoms with Crippen molar-refractivity contribution in [1.29, 1.82) is 0 Å². The van der Waals surface area contributed by atoms with E-state index >= 15 is 0 Å². The lowest BCUT2D eigenvalue weighted by atomic mass is 10.0. The molecule has 0 heterocycles. The first-order chi connectivity index (χ1) is 36.0. The number of hydrogen-bond donors (Lipinski definition) is 3. The van der Waals surface area contributed by atoms with Crippen LogP contribution in [-0.2, 0) is 18.4 Å². The van der Waals surface area contributed by atoms with E-state index in [1.807, 2.05) is 27.2 Å². The number of quaternary nitrogens is 1. The Hall–Kier alpha value is -2.84. The molecule has 3 unspecified atom stereocenters. The first-order valence-electron chi connectivity index (χ1n) is 30.3. The lowest BCUT2D eigenvalue weighted by molar-refractivity contribution is -0.870. The van der Waals surface area contributed by atoms with E-state index in [9.17, 15) is 19.4 Å². The summed E-state index contributed by atoms with van der Waals surface area (Å²) in [6.07, 6.45) is 80.6. The van der Waals surface area contributed by atoms with Gasteiger partial charge in [-0.05, 0) is 96.3 Å². The number of amides is 1. The number of rotatable bonds is 54. The summed E-state index contributed by atoms with van der Waals surface area (Å²) in [5.74, 6) is -0.203. The molecule has 3 N–H and O–H groups in total. The predicted molar refractivity (Wildman–Crippen MR) is 322 cm³/mol. The van der Waals surface area contributed by atoms with Gasteiger partial charge in [-0.25, -0.2) is 4.57 Å². The van der Waals surface area contributed by atoms with Crippen LogP contribution in [0.5, 0.6) is 0 Å². The van der Waals surface area contributed by atoms with E-state index in [1.54, 1.807) is 6.08 Å². The molecule has 0 aromatic heterocycles. The number of nitrogens with zero attached hydrogens (tertiary/aromatic N) is 1. The van der Waals surface area contributed by atoms with Crippen molar-refractivity contribution in [3.05, 3.63) is 109 Å². The maximum absolute atomic E-state index is 13.0. The van der Waals surface area contributed by atoms with Crippen molar-refractivity contribution in [3.63, 3.8) is 0 Å². The SMILES string of the molecule is CC/C=C\C/C=C\C/C=C\C/C=C\C/C=C\C/C=C\CCCCCCCCCCC(=O)NC(COP(=O)(O)OCC[N+](C)(C)C)C(O)/C=C/CC/C=C/CC/C=C/CCCCCCCCCCCCCCCCC. The van der Waals surface area contributed by atoms with Gasteiger partial charge in [0.05, 0.1) is 39.9 Å². The Kier molecular flexibility index (Phi) is 52.8. The molecule has 74 heavy (non-hydrogen) atoms. The molecule has 0 radical (unpaired) electrons. The number of carbonyl (C=O) groups excluding carboxylic acids is 1. The molecule has 9 heteroatoms. The summed E-state index contributed by atoms with van der Waals surface area (Å²) >= 11 is 0. The third kappa shape index (κ3) is 56.9. The summed E-state index contributed by atoms with van der Waals surface area (Å²) in [5, 5.41) is 13.9. The van der Waals surface area contributed by atoms with E-state index in [4.69, 9.17) is 9.05 Å². The van der Waals surface area contributed by atoms with Gasteiger partial charge in [0.15, 0.2) is 0 Å². The topological polar surface area (TPSA) is 105 Å². The molecule has 0 bridgehead atoms. The van der Waals surface area contributed by atoms with E-state index in [-0.39, 0.29) is 19.1 Å². The van der Waals surface area contributed by atoms with Crippen molar-refractivity contribution >= 4 is 13.7 Å². The number of phosphoric acid groups is 1. The van der Waals surface area contributed by atoms with Gasteiger partial charge >= 0.3 is 7.82 Å². The van der Waals surface area contributed by atoms with Gasteiger partial charge in [0.25, 0.3) is 0 Å². The van der Waals surface area contributed by atoms with Crippen LogP contribution in [0.3, 0.4) is 0 Å². The van der Waals surface area contributed by atoms with E-state index < -0.39 is 20.0 Å². The van der Waals surface area contributed by atoms with E-state index in [0.717, 1.165) is 96.3 Å². The zero-order chi connectivity index (χ0) is 54.2. The Balaban J connectivity index is 4.31. The number of phosphoric ester groups is 1. The normalized spacial score (nSPS) is 14.6. The molecule has 0 saturated carbocycles. The summed E-state index contributed by atoms with van der Waals surface area (Å²) < 4.78 is 23.7. The average molecular weight is 1050 g/mol. The number of carbonyl (C=O) groups is 1. The Bertz CT molecular complexity index is 1570. The predicted octanol–water partition coefficient (Wildman–Crippen LogP) is 18.8. The summed E-state index contributed by atoms with van der Waals surface area (Å²) in [6, 6.07) is -0.883. The lowest BCUT2D eigenvalue weighted by Crippen LogP contribution is -2.45. The second-order valence-electron chi connectivity index (χ2n) is 21.3. The molecule has 426 valence electrons. The summed E-state index contributed by atoms with van der Waals surface area (Å²) in [7, 11) is 1.53. The number of unbranched alkanes of at least 4 members (excludes halogenated alkanes) is 25. The zero-order valence-electron chi connectivity index (χ0n) is 48.5. The highest BCUT2D eigenvalue weighted by atomic mass is 31.2. The molecule has 0 aliphatic rings. The molecule has 8 nitrogen and oxygen atoms in total. The standard InChI is InChI=1S/C65H115N2O6P/c1-6-8-10-12-14-16-18-20-22-24-26-28-30-32-33-35-37-39-41-43-45-47-49-51-53-55-57-59-65(69)66-63(62-73-74(70,71)72-61-60-67(3,4)5)64(68)58-56-54-52-50-48-46-44-42-40-38-36-34-31-29-27-25-23-21-19-17-15-13-11-9-7-2/h8,10,14,16,20,22,26,28,32-33,37,39-40,42,48,50,56,58,63-64,68H,6-7,9,11-13,15,17-19,21,23-25,27,29-31,34-36,38,41,43-47,49,51-55,57,59-62H2,1-5H3,(H-,66,69,70,71)/p+1/b10-8-,16-14-,22-20-,28-26-,33-32-,39-37-,42-40+,50-48+,58-56+. The number of aliphatic hydroxyl groups is 1. The van der Waals surface area contributed by atoms with Crippen molar-refractivity contribution in [3.8, 4) is 0 Å². The van der Waals surface area contributed by atoms with Crippen LogP contribution in [0.1, 0.15) is 245 Å². The molecule has 1 amide bonds. The van der Waals surface area contributed by atoms with Gasteiger partial charge in [0.2, 0.25) is 5.91 Å². The van der Waals surface area contributed by atoms with Crippen molar-refractivity contribution in [2.75, 3.05) is 40.9 Å². The van der Waals surface area contributed by atoms with Crippen molar-refractivity contribution in [2.45, 2.75) is 257 Å². The molecule has 0 saturated heterocycles. The Morgan fingerprint density at radius 1 is 0.473 bits per heavy atom. The smallest absolute Gasteiger partial charge is 0.387 e. The van der Waals surface area contributed by atoms with Crippen molar-refractivity contribution in [2.24, 2.45) is 0 Å². The number of likely N-dealkylation sites (N-methyl/N-ethyl adjacent to an activating group) is 1. The molecule has 0 fully saturated rings. The Morgan fingerprint density at radius 3 is 1.24 bits per heavy atom. The highest BCUT2D eigenvalue weighted by molar-refractivity contribution is 7.47. The number of hydrogen-bond acceptors (Lipinski definition) is 5. The summed E-state index contributed by atoms with van der Waals surface area (Å²) in [4.78, 5) is 23.3. The van der Waals surface area contributed by atoms with Gasteiger partial charge in [0, 0.05) is 6.42 Å². The fraction of sp³-hybridized carbons (Fsp3) is 0.708. The third-order valence-corrected chi connectivity index (χ3v) is 13.9. The quantitative estimate of drug-likeness (QED) is 0.0243. The maximum atomic E-state index is 13.0. The number of aliphatic hydroxyl groups excluding tert-OH is 1. The molecule has 3 atom stereocenters. The van der Waals surface area contributed by atoms with Crippen LogP contribution in [0, 0.1) is 0 Å². The van der Waals surface area contributed by atoms with Crippen molar-refractivity contribution < 1.29 is 32.9 Å². The van der Waals surface area contributed by atoms with Gasteiger partial charge in [-0.15, -0.1) is 0 Å². The molecular weight excluding hydrogens is 936 g/mol. The highest BCUT2D eigenvalue weighted by Gasteiger charge is 2.27. The largest absolute Gasteiger partial charge is 0.472 e. The van der Waals surface area contributed by atoms with Crippen LogP contribution in [0.2, 0.25) is 0 Å². The minimum Gasteiger partial charge on any atom is -0.387 e. The lowest BCUT2D eigenvalue weighted by Gasteiger charge is -2.25. The van der Waals surface area contributed by atoms with Crippen molar-refractivity contribution in [1.82, 2.24) is 5.32 Å². The molecule has 0 spiro atoms. The summed E-state index contributed by atoms with van der Waals surface area (Å²) in [5.41, 5.74) is 0. The van der Waals surface area contributed by atoms with Crippen LogP contribution in [0.4, 0.5) is 0 Å². The molecule has 0 aliphatic carbocycles. The van der Waals surface area contributed by atoms with Crippen LogP contribution >= 0.6 is 7.82 Å². The highest BCUT2D eigenvalue weighted by Crippen LogP contribution is 2.43. The number of nitrogens with one attached hydrogen (secondary N) is 1. The van der Waals surface area contributed by atoms with Gasteiger partial charge in [-0.1, -0.05) is 252 Å². The minimum absolute atomic E-state index is 0.0461. The second-order valence-corrected chi connectivity index (χ2v) is 22.8. The summed E-state index contributed by atoms with van der Waals surface area (Å²) in [6.45, 7) is 4.67. The van der Waals surface area contributed by atoms with E-state index in [1.165, 1.54) is 128 Å². The average Bonchev–Trinajstić information content (AvgIpc) is 3.36. The molecular formula is C65H116N2O6P+. The fourth-order valence-corrected chi connectivity index (χ4v) is 8.99. The third-order valence-electron chi connectivity index (χ3n) is 13.0. The second kappa shape index (κ2) is 54.9. The first kappa shape index (κ1) is 71.2. The molecule has 0 rings (SSSR count). The van der Waals surface area contributed by atoms with Gasteiger partial charge in [-0.2, -0.15) is 0 Å². The van der Waals surface area contributed by atoms with Crippen LogP contribution in [0.25, 0.3) is 0 Å². The molecule has 0 aliphatic heterocycles. The molecule has 0 aromatic carbocycles. The van der Waals surface area contributed by atoms with Gasteiger partial charge in [-0.3, -0.25) is 13.8 Å². The monoisotopic (exact) mass is 1050 g/mol. The Labute approximate surface area is 457 Å². The molecule has 0 aromatic rings.